The monoisotopic (exact) mass is 898 g/mol. The van der Waals surface area contributed by atoms with E-state index in [-0.39, 0.29) is 0 Å². The van der Waals surface area contributed by atoms with Crippen LogP contribution < -0.4 is 20.7 Å². The molecule has 0 atom stereocenters. The maximum Gasteiger partial charge on any atom is 0.179 e. The molecule has 0 saturated heterocycles. The van der Waals surface area contributed by atoms with Gasteiger partial charge in [-0.1, -0.05) is 206 Å². The molecule has 5 nitrogen and oxygen atoms in total. The van der Waals surface area contributed by atoms with E-state index in [2.05, 4.69) is 247 Å². The second-order valence-electron chi connectivity index (χ2n) is 17.5. The third-order valence-corrected chi connectivity index (χ3v) is 18.4. The summed E-state index contributed by atoms with van der Waals surface area (Å²) in [6, 6.07) is 90.9. The molecule has 69 heavy (non-hydrogen) atoms. The lowest BCUT2D eigenvalue weighted by atomic mass is 10.0. The van der Waals surface area contributed by atoms with E-state index in [1.54, 1.807) is 0 Å². The third-order valence-electron chi connectivity index (χ3n) is 13.6. The summed E-state index contributed by atoms with van der Waals surface area (Å²) >= 11 is 0. The van der Waals surface area contributed by atoms with Gasteiger partial charge in [0.05, 0.1) is 11.0 Å². The number of nitrogens with zero attached hydrogens (tertiary/aromatic N) is 4. The maximum atomic E-state index is 6.19. The molecule has 3 heterocycles. The topological polar surface area (TPSA) is 56.7 Å². The highest BCUT2D eigenvalue weighted by Gasteiger charge is 2.41. The van der Waals surface area contributed by atoms with Crippen LogP contribution in [0.15, 0.2) is 259 Å². The van der Waals surface area contributed by atoms with E-state index in [4.69, 9.17) is 19.4 Å². The van der Waals surface area contributed by atoms with Gasteiger partial charge in [0.2, 0.25) is 0 Å². The SMILES string of the molecule is c1ccc([Si](c2ccccc2)(c2ccccc2)c2ccc(-c3nc(-c4cccc(-c5ccc6oc7ccccc7c6c5)c4)nc(-c4cccc(-n5c6ccccc6c6ccccc65)c4)n3)cc2)cc1. The molecule has 324 valence electrons. The molecule has 3 aromatic heterocycles. The van der Waals surface area contributed by atoms with Gasteiger partial charge in [-0.15, -0.1) is 0 Å². The number of furan rings is 1. The number of aromatic nitrogens is 4. The maximum absolute atomic E-state index is 6.19. The zero-order valence-electron chi connectivity index (χ0n) is 37.4. The van der Waals surface area contributed by atoms with E-state index in [0.717, 1.165) is 66.5 Å². The molecule has 0 radical (unpaired) electrons. The first kappa shape index (κ1) is 40.3. The van der Waals surface area contributed by atoms with Crippen molar-refractivity contribution in [3.05, 3.63) is 255 Å². The summed E-state index contributed by atoms with van der Waals surface area (Å²) in [4.78, 5) is 15.9. The molecule has 0 aliphatic carbocycles. The molecular formula is C63H42N4OSi. The molecule has 0 unspecified atom stereocenters. The van der Waals surface area contributed by atoms with Crippen molar-refractivity contribution in [3.63, 3.8) is 0 Å². The van der Waals surface area contributed by atoms with Crippen molar-refractivity contribution in [2.24, 2.45) is 0 Å². The predicted octanol–water partition coefficient (Wildman–Crippen LogP) is 12.9. The van der Waals surface area contributed by atoms with E-state index in [9.17, 15) is 0 Å². The van der Waals surface area contributed by atoms with E-state index >= 15 is 0 Å². The summed E-state index contributed by atoms with van der Waals surface area (Å²) in [5.41, 5.74) is 9.92. The molecule has 0 fully saturated rings. The predicted molar refractivity (Wildman–Crippen MR) is 287 cm³/mol. The summed E-state index contributed by atoms with van der Waals surface area (Å²) in [6.45, 7) is 0. The number of hydrogen-bond donors (Lipinski definition) is 0. The Morgan fingerprint density at radius 2 is 0.725 bits per heavy atom. The first-order valence-electron chi connectivity index (χ1n) is 23.3. The third kappa shape index (κ3) is 6.88. The Morgan fingerprint density at radius 1 is 0.290 bits per heavy atom. The second kappa shape index (κ2) is 16.7. The summed E-state index contributed by atoms with van der Waals surface area (Å²) in [5.74, 6) is 1.80. The Kier molecular flexibility index (Phi) is 9.77. The highest BCUT2D eigenvalue weighted by Crippen LogP contribution is 2.36. The van der Waals surface area contributed by atoms with Crippen LogP contribution in [0.4, 0.5) is 0 Å². The quantitative estimate of drug-likeness (QED) is 0.107. The normalized spacial score (nSPS) is 11.8. The summed E-state index contributed by atoms with van der Waals surface area (Å²) in [6.07, 6.45) is 0. The minimum Gasteiger partial charge on any atom is -0.456 e. The first-order valence-corrected chi connectivity index (χ1v) is 25.3. The molecule has 0 aliphatic rings. The van der Waals surface area contributed by atoms with Gasteiger partial charge < -0.3 is 8.98 Å². The van der Waals surface area contributed by atoms with Crippen LogP contribution in [0.3, 0.4) is 0 Å². The minimum absolute atomic E-state index is 0.597. The Hall–Kier alpha value is -8.97. The zero-order valence-corrected chi connectivity index (χ0v) is 38.4. The smallest absolute Gasteiger partial charge is 0.179 e. The molecule has 0 aliphatic heterocycles. The molecule has 0 amide bonds. The van der Waals surface area contributed by atoms with Gasteiger partial charge in [-0.3, -0.25) is 0 Å². The van der Waals surface area contributed by atoms with Crippen molar-refractivity contribution in [3.8, 4) is 51.0 Å². The van der Waals surface area contributed by atoms with Crippen LogP contribution in [0.25, 0.3) is 94.7 Å². The Morgan fingerprint density at radius 3 is 1.33 bits per heavy atom. The highest BCUT2D eigenvalue weighted by molar-refractivity contribution is 7.19. The van der Waals surface area contributed by atoms with E-state index in [0.29, 0.717) is 17.5 Å². The molecule has 13 aromatic rings. The minimum atomic E-state index is -2.75. The van der Waals surface area contributed by atoms with Gasteiger partial charge in [-0.05, 0) is 80.4 Å². The zero-order chi connectivity index (χ0) is 45.7. The molecule has 6 heteroatoms. The van der Waals surface area contributed by atoms with Crippen molar-refractivity contribution < 1.29 is 4.42 Å². The van der Waals surface area contributed by atoms with Gasteiger partial charge in [-0.2, -0.15) is 0 Å². The van der Waals surface area contributed by atoms with Crippen LogP contribution in [-0.4, -0.2) is 27.6 Å². The molecule has 13 rings (SSSR count). The molecule has 0 saturated carbocycles. The lowest BCUT2D eigenvalue weighted by Crippen LogP contribution is -2.74. The van der Waals surface area contributed by atoms with Gasteiger partial charge in [0.1, 0.15) is 11.2 Å². The van der Waals surface area contributed by atoms with Gasteiger partial charge in [-0.25, -0.2) is 15.0 Å². The fourth-order valence-electron chi connectivity index (χ4n) is 10.4. The van der Waals surface area contributed by atoms with Crippen LogP contribution in [0.5, 0.6) is 0 Å². The fourth-order valence-corrected chi connectivity index (χ4v) is 15.2. The van der Waals surface area contributed by atoms with Crippen LogP contribution in [0.1, 0.15) is 0 Å². The van der Waals surface area contributed by atoms with E-state index < -0.39 is 8.07 Å². The Labute approximate surface area is 400 Å². The van der Waals surface area contributed by atoms with Crippen molar-refractivity contribution in [1.29, 1.82) is 0 Å². The number of benzene rings is 10. The van der Waals surface area contributed by atoms with Crippen LogP contribution in [-0.2, 0) is 0 Å². The number of fused-ring (bicyclic) bond motifs is 6. The number of para-hydroxylation sites is 3. The second-order valence-corrected chi connectivity index (χ2v) is 21.4. The molecule has 0 spiro atoms. The molecule has 0 N–H and O–H groups in total. The summed E-state index contributed by atoms with van der Waals surface area (Å²) in [7, 11) is -2.75. The molecule has 0 bridgehead atoms. The van der Waals surface area contributed by atoms with Crippen molar-refractivity contribution in [2.45, 2.75) is 0 Å². The largest absolute Gasteiger partial charge is 0.456 e. The summed E-state index contributed by atoms with van der Waals surface area (Å²) < 4.78 is 8.52. The van der Waals surface area contributed by atoms with Crippen LogP contribution >= 0.6 is 0 Å². The van der Waals surface area contributed by atoms with E-state index in [1.165, 1.54) is 31.5 Å². The fraction of sp³-hybridized carbons (Fsp3) is 0. The Bertz CT molecular complexity index is 3860. The lowest BCUT2D eigenvalue weighted by molar-refractivity contribution is 0.669. The average Bonchev–Trinajstić information content (AvgIpc) is 3.98. The average molecular weight is 899 g/mol. The van der Waals surface area contributed by atoms with Gasteiger partial charge >= 0.3 is 0 Å². The highest BCUT2D eigenvalue weighted by atomic mass is 28.3. The standard InChI is InChI=1S/C63H42N4OSi/c1-4-22-49(23-5-1)69(50-24-6-2-7-25-50,51-26-8-3-9-27-51)52-37-34-43(35-38-52)61-64-62(46-19-16-18-44(40-46)45-36-39-60-56(42-45)55-30-12-15-33-59(55)68-60)66-63(65-61)47-20-17-21-48(41-47)67-57-31-13-10-28-53(57)54-29-11-14-32-58(54)67/h1-42H. The van der Waals surface area contributed by atoms with Crippen LogP contribution in [0.2, 0.25) is 0 Å². The van der Waals surface area contributed by atoms with Crippen molar-refractivity contribution in [1.82, 2.24) is 19.5 Å². The van der Waals surface area contributed by atoms with E-state index in [1.807, 2.05) is 12.1 Å². The van der Waals surface area contributed by atoms with Crippen LogP contribution in [0, 0.1) is 0 Å². The number of hydrogen-bond acceptors (Lipinski definition) is 4. The Balaban J connectivity index is 0.977. The molecular weight excluding hydrogens is 857 g/mol. The summed E-state index contributed by atoms with van der Waals surface area (Å²) in [5, 5.41) is 9.86. The lowest BCUT2D eigenvalue weighted by Gasteiger charge is -2.34. The van der Waals surface area contributed by atoms with Crippen molar-refractivity contribution in [2.75, 3.05) is 0 Å². The van der Waals surface area contributed by atoms with Gasteiger partial charge in [0.25, 0.3) is 0 Å². The number of rotatable bonds is 9. The van der Waals surface area contributed by atoms with Gasteiger partial charge in [0, 0.05) is 43.9 Å². The van der Waals surface area contributed by atoms with Gasteiger partial charge in [0.15, 0.2) is 25.5 Å². The van der Waals surface area contributed by atoms with Crippen molar-refractivity contribution >= 4 is 72.6 Å². The molecule has 10 aromatic carbocycles. The first-order chi connectivity index (χ1) is 34.2.